The highest BCUT2D eigenvalue weighted by Crippen LogP contribution is 2.17. The van der Waals surface area contributed by atoms with Crippen LogP contribution in [0.5, 0.6) is 5.75 Å². The Balaban J connectivity index is 1.94. The average molecular weight is 245 g/mol. The first-order valence-corrected chi connectivity index (χ1v) is 6.03. The largest absolute Gasteiger partial charge is 0.497 e. The number of hydrogen-bond acceptors (Lipinski definition) is 3. The van der Waals surface area contributed by atoms with E-state index in [0.29, 0.717) is 6.04 Å². The molecule has 0 unspecified atom stereocenters. The molecule has 1 aromatic heterocycles. The average Bonchev–Trinajstić information content (AvgIpc) is 2.81. The maximum atomic E-state index is 5.15. The van der Waals surface area contributed by atoms with Crippen LogP contribution in [0.25, 0.3) is 0 Å². The molecule has 2 aromatic rings. The number of nitrogens with zero attached hydrogens (tertiary/aromatic N) is 2. The summed E-state index contributed by atoms with van der Waals surface area (Å²) in [5, 5.41) is 3.48. The summed E-state index contributed by atoms with van der Waals surface area (Å²) in [6.07, 6.45) is 3.70. The maximum Gasteiger partial charge on any atom is 0.118 e. The number of ether oxygens (including phenoxy) is 1. The molecule has 0 aliphatic heterocycles. The zero-order valence-electron chi connectivity index (χ0n) is 11.1. The minimum absolute atomic E-state index is 0.297. The molecule has 1 aromatic carbocycles. The molecular weight excluding hydrogens is 226 g/mol. The van der Waals surface area contributed by atoms with Crippen LogP contribution in [-0.4, -0.2) is 16.7 Å². The fraction of sp³-hybridized carbons (Fsp3) is 0.357. The summed E-state index contributed by atoms with van der Waals surface area (Å²) >= 11 is 0. The van der Waals surface area contributed by atoms with Gasteiger partial charge in [-0.2, -0.15) is 0 Å². The molecule has 4 nitrogen and oxygen atoms in total. The van der Waals surface area contributed by atoms with Crippen molar-refractivity contribution in [2.75, 3.05) is 7.11 Å². The van der Waals surface area contributed by atoms with Gasteiger partial charge in [0, 0.05) is 25.8 Å². The van der Waals surface area contributed by atoms with Crippen LogP contribution in [0, 0.1) is 0 Å². The molecule has 1 atom stereocenters. The quantitative estimate of drug-likeness (QED) is 0.878. The van der Waals surface area contributed by atoms with Gasteiger partial charge in [-0.1, -0.05) is 12.1 Å². The predicted molar refractivity (Wildman–Crippen MR) is 71.5 cm³/mol. The lowest BCUT2D eigenvalue weighted by molar-refractivity contribution is 0.414. The van der Waals surface area contributed by atoms with Crippen LogP contribution in [-0.2, 0) is 13.6 Å². The molecule has 0 amide bonds. The van der Waals surface area contributed by atoms with Gasteiger partial charge in [0.25, 0.3) is 0 Å². The molecule has 96 valence electrons. The Hall–Kier alpha value is -1.81. The zero-order chi connectivity index (χ0) is 13.0. The van der Waals surface area contributed by atoms with E-state index in [1.807, 2.05) is 36.3 Å². The van der Waals surface area contributed by atoms with Crippen LogP contribution in [0.4, 0.5) is 0 Å². The standard InChI is InChI=1S/C14H19N3O/c1-11(12-4-6-14(18-3)7-5-12)16-9-13-8-15-10-17(13)2/h4-8,10-11,16H,9H2,1-3H3/t11-/m1/s1. The molecular formula is C14H19N3O. The number of rotatable bonds is 5. The molecule has 2 rings (SSSR count). The Kier molecular flexibility index (Phi) is 3.99. The highest BCUT2D eigenvalue weighted by Gasteiger charge is 2.06. The van der Waals surface area contributed by atoms with Crippen molar-refractivity contribution in [2.45, 2.75) is 19.5 Å². The van der Waals surface area contributed by atoms with E-state index in [1.165, 1.54) is 11.3 Å². The van der Waals surface area contributed by atoms with Gasteiger partial charge in [0.05, 0.1) is 19.1 Å². The van der Waals surface area contributed by atoms with Crippen molar-refractivity contribution in [2.24, 2.45) is 7.05 Å². The number of aryl methyl sites for hydroxylation is 1. The summed E-state index contributed by atoms with van der Waals surface area (Å²) in [7, 11) is 3.68. The minimum atomic E-state index is 0.297. The van der Waals surface area contributed by atoms with E-state index < -0.39 is 0 Å². The lowest BCUT2D eigenvalue weighted by Gasteiger charge is -2.14. The Morgan fingerprint density at radius 3 is 2.61 bits per heavy atom. The van der Waals surface area contributed by atoms with Gasteiger partial charge in [0.2, 0.25) is 0 Å². The first-order chi connectivity index (χ1) is 8.70. The van der Waals surface area contributed by atoms with Gasteiger partial charge in [-0.15, -0.1) is 0 Å². The number of aromatic nitrogens is 2. The van der Waals surface area contributed by atoms with Gasteiger partial charge in [0.15, 0.2) is 0 Å². The first-order valence-electron chi connectivity index (χ1n) is 6.03. The maximum absolute atomic E-state index is 5.15. The van der Waals surface area contributed by atoms with Crippen LogP contribution in [0.15, 0.2) is 36.8 Å². The fourth-order valence-corrected chi connectivity index (χ4v) is 1.82. The predicted octanol–water partition coefficient (Wildman–Crippen LogP) is 2.28. The molecule has 4 heteroatoms. The van der Waals surface area contributed by atoms with E-state index in [1.54, 1.807) is 7.11 Å². The SMILES string of the molecule is COc1ccc([C@@H](C)NCc2cncn2C)cc1. The third-order valence-corrected chi connectivity index (χ3v) is 3.12. The third kappa shape index (κ3) is 2.90. The number of hydrogen-bond donors (Lipinski definition) is 1. The van der Waals surface area contributed by atoms with Gasteiger partial charge >= 0.3 is 0 Å². The van der Waals surface area contributed by atoms with Crippen molar-refractivity contribution in [3.8, 4) is 5.75 Å². The smallest absolute Gasteiger partial charge is 0.118 e. The molecule has 0 spiro atoms. The molecule has 18 heavy (non-hydrogen) atoms. The number of benzene rings is 1. The number of nitrogens with one attached hydrogen (secondary N) is 1. The van der Waals surface area contributed by atoms with E-state index in [4.69, 9.17) is 4.74 Å². The topological polar surface area (TPSA) is 39.1 Å². The fourth-order valence-electron chi connectivity index (χ4n) is 1.82. The summed E-state index contributed by atoms with van der Waals surface area (Å²) in [5.41, 5.74) is 2.42. The van der Waals surface area contributed by atoms with Crippen molar-refractivity contribution in [3.05, 3.63) is 48.0 Å². The van der Waals surface area contributed by atoms with Crippen LogP contribution < -0.4 is 10.1 Å². The van der Waals surface area contributed by atoms with Gasteiger partial charge in [0.1, 0.15) is 5.75 Å². The second kappa shape index (κ2) is 5.69. The first kappa shape index (κ1) is 12.6. The highest BCUT2D eigenvalue weighted by molar-refractivity contribution is 5.28. The van der Waals surface area contributed by atoms with Crippen molar-refractivity contribution in [1.82, 2.24) is 14.9 Å². The minimum Gasteiger partial charge on any atom is -0.497 e. The van der Waals surface area contributed by atoms with E-state index in [-0.39, 0.29) is 0 Å². The van der Waals surface area contributed by atoms with Crippen molar-refractivity contribution in [3.63, 3.8) is 0 Å². The molecule has 0 aliphatic carbocycles. The molecule has 0 aliphatic rings. The zero-order valence-corrected chi connectivity index (χ0v) is 11.1. The molecule has 0 saturated carbocycles. The summed E-state index contributed by atoms with van der Waals surface area (Å²) in [5.74, 6) is 0.887. The molecule has 0 radical (unpaired) electrons. The number of methoxy groups -OCH3 is 1. The van der Waals surface area contributed by atoms with E-state index in [0.717, 1.165) is 12.3 Å². The second-order valence-electron chi connectivity index (χ2n) is 4.37. The third-order valence-electron chi connectivity index (χ3n) is 3.12. The Bertz CT molecular complexity index is 490. The van der Waals surface area contributed by atoms with Crippen LogP contribution in [0.3, 0.4) is 0 Å². The van der Waals surface area contributed by atoms with Crippen molar-refractivity contribution in [1.29, 1.82) is 0 Å². The van der Waals surface area contributed by atoms with Gasteiger partial charge in [-0.3, -0.25) is 0 Å². The second-order valence-corrected chi connectivity index (χ2v) is 4.37. The normalized spacial score (nSPS) is 12.4. The van der Waals surface area contributed by atoms with Gasteiger partial charge in [-0.25, -0.2) is 4.98 Å². The molecule has 0 fully saturated rings. The summed E-state index contributed by atoms with van der Waals surface area (Å²) < 4.78 is 7.17. The lowest BCUT2D eigenvalue weighted by atomic mass is 10.1. The van der Waals surface area contributed by atoms with Crippen LogP contribution in [0.1, 0.15) is 24.2 Å². The summed E-state index contributed by atoms with van der Waals surface area (Å²) in [6.45, 7) is 2.96. The van der Waals surface area contributed by atoms with Gasteiger partial charge in [-0.05, 0) is 24.6 Å². The summed E-state index contributed by atoms with van der Waals surface area (Å²) in [6, 6.07) is 8.43. The Morgan fingerprint density at radius 1 is 1.33 bits per heavy atom. The van der Waals surface area contributed by atoms with E-state index >= 15 is 0 Å². The summed E-state index contributed by atoms with van der Waals surface area (Å²) in [4.78, 5) is 4.10. The van der Waals surface area contributed by atoms with Crippen molar-refractivity contribution < 1.29 is 4.74 Å². The molecule has 1 N–H and O–H groups in total. The number of imidazole rings is 1. The molecule has 0 bridgehead atoms. The van der Waals surface area contributed by atoms with Crippen LogP contribution >= 0.6 is 0 Å². The van der Waals surface area contributed by atoms with E-state index in [9.17, 15) is 0 Å². The molecule has 1 heterocycles. The Morgan fingerprint density at radius 2 is 2.06 bits per heavy atom. The van der Waals surface area contributed by atoms with E-state index in [2.05, 4.69) is 29.4 Å². The molecule has 0 saturated heterocycles. The van der Waals surface area contributed by atoms with Crippen molar-refractivity contribution >= 4 is 0 Å². The Labute approximate surface area is 108 Å². The monoisotopic (exact) mass is 245 g/mol. The van der Waals surface area contributed by atoms with Gasteiger partial charge < -0.3 is 14.6 Å². The highest BCUT2D eigenvalue weighted by atomic mass is 16.5. The lowest BCUT2D eigenvalue weighted by Crippen LogP contribution is -2.19. The van der Waals surface area contributed by atoms with Crippen LogP contribution in [0.2, 0.25) is 0 Å².